The summed E-state index contributed by atoms with van der Waals surface area (Å²) in [5.74, 6) is 1.60. The number of nitrogens with zero attached hydrogens (tertiary/aromatic N) is 2. The Morgan fingerprint density at radius 3 is 2.66 bits per heavy atom. The average molecular weight is 512 g/mol. The van der Waals surface area contributed by atoms with E-state index in [4.69, 9.17) is 14.3 Å². The van der Waals surface area contributed by atoms with Gasteiger partial charge in [-0.25, -0.2) is 4.99 Å². The van der Waals surface area contributed by atoms with Crippen LogP contribution in [-0.4, -0.2) is 37.9 Å². The molecule has 1 aromatic carbocycles. The zero-order chi connectivity index (χ0) is 19.7. The summed E-state index contributed by atoms with van der Waals surface area (Å²) >= 11 is 0. The van der Waals surface area contributed by atoms with E-state index in [0.29, 0.717) is 12.0 Å². The SMILES string of the molecule is CCNC(=NCc1cc(-c2ccccc2)on1)NCC1(CCOC)CCCC1.I. The minimum atomic E-state index is 0. The van der Waals surface area contributed by atoms with Crippen molar-refractivity contribution in [2.45, 2.75) is 45.6 Å². The molecule has 0 bridgehead atoms. The number of guanidine groups is 1. The number of rotatable bonds is 9. The third-order valence-electron chi connectivity index (χ3n) is 5.49. The van der Waals surface area contributed by atoms with Gasteiger partial charge in [0.1, 0.15) is 5.69 Å². The molecule has 0 unspecified atom stereocenters. The molecule has 0 spiro atoms. The molecule has 0 saturated heterocycles. The lowest BCUT2D eigenvalue weighted by Crippen LogP contribution is -2.43. The summed E-state index contributed by atoms with van der Waals surface area (Å²) in [7, 11) is 1.78. The normalized spacial score (nSPS) is 15.7. The smallest absolute Gasteiger partial charge is 0.191 e. The van der Waals surface area contributed by atoms with Crippen LogP contribution < -0.4 is 10.6 Å². The molecule has 1 aliphatic carbocycles. The van der Waals surface area contributed by atoms with Crippen LogP contribution in [0.3, 0.4) is 0 Å². The maximum Gasteiger partial charge on any atom is 0.191 e. The van der Waals surface area contributed by atoms with Crippen LogP contribution in [0, 0.1) is 5.41 Å². The Morgan fingerprint density at radius 1 is 1.21 bits per heavy atom. The summed E-state index contributed by atoms with van der Waals surface area (Å²) in [6.07, 6.45) is 6.22. The third-order valence-corrected chi connectivity index (χ3v) is 5.49. The number of nitrogens with one attached hydrogen (secondary N) is 2. The van der Waals surface area contributed by atoms with Crippen molar-refractivity contribution in [1.82, 2.24) is 15.8 Å². The Labute approximate surface area is 190 Å². The topological polar surface area (TPSA) is 71.7 Å². The van der Waals surface area contributed by atoms with Crippen LogP contribution in [0.15, 0.2) is 45.9 Å². The van der Waals surface area contributed by atoms with E-state index in [-0.39, 0.29) is 24.0 Å². The van der Waals surface area contributed by atoms with Crippen molar-refractivity contribution in [2.75, 3.05) is 26.8 Å². The summed E-state index contributed by atoms with van der Waals surface area (Å²) in [5.41, 5.74) is 2.17. The molecule has 0 aliphatic heterocycles. The largest absolute Gasteiger partial charge is 0.385 e. The fourth-order valence-electron chi connectivity index (χ4n) is 3.86. The lowest BCUT2D eigenvalue weighted by molar-refractivity contribution is 0.138. The molecule has 0 atom stereocenters. The molecule has 1 aliphatic rings. The predicted molar refractivity (Wildman–Crippen MR) is 128 cm³/mol. The van der Waals surface area contributed by atoms with Crippen molar-refractivity contribution in [3.63, 3.8) is 0 Å². The molecular formula is C22H33IN4O2. The van der Waals surface area contributed by atoms with Gasteiger partial charge >= 0.3 is 0 Å². The zero-order valence-electron chi connectivity index (χ0n) is 17.4. The molecule has 1 heterocycles. The summed E-state index contributed by atoms with van der Waals surface area (Å²) in [6.45, 7) is 5.13. The molecule has 3 rings (SSSR count). The van der Waals surface area contributed by atoms with E-state index in [0.717, 1.165) is 49.1 Å². The molecule has 7 heteroatoms. The summed E-state index contributed by atoms with van der Waals surface area (Å²) in [6, 6.07) is 12.0. The van der Waals surface area contributed by atoms with Gasteiger partial charge in [-0.2, -0.15) is 0 Å². The maximum absolute atomic E-state index is 5.47. The Bertz CT molecular complexity index is 742. The number of methoxy groups -OCH3 is 1. The van der Waals surface area contributed by atoms with Gasteiger partial charge in [-0.05, 0) is 31.6 Å². The molecule has 160 valence electrons. The van der Waals surface area contributed by atoms with Gasteiger partial charge in [-0.15, -0.1) is 24.0 Å². The third kappa shape index (κ3) is 6.99. The van der Waals surface area contributed by atoms with E-state index >= 15 is 0 Å². The van der Waals surface area contributed by atoms with E-state index in [1.807, 2.05) is 36.4 Å². The molecule has 2 aromatic rings. The van der Waals surface area contributed by atoms with Crippen molar-refractivity contribution in [1.29, 1.82) is 0 Å². The number of aromatic nitrogens is 1. The van der Waals surface area contributed by atoms with Crippen LogP contribution in [0.25, 0.3) is 11.3 Å². The minimum absolute atomic E-state index is 0. The number of hydrogen-bond donors (Lipinski definition) is 2. The van der Waals surface area contributed by atoms with E-state index in [2.05, 4.69) is 22.7 Å². The van der Waals surface area contributed by atoms with Crippen molar-refractivity contribution >= 4 is 29.9 Å². The van der Waals surface area contributed by atoms with Crippen LogP contribution >= 0.6 is 24.0 Å². The predicted octanol–water partition coefficient (Wildman–Crippen LogP) is 4.61. The first-order valence-corrected chi connectivity index (χ1v) is 10.3. The van der Waals surface area contributed by atoms with Crippen LogP contribution in [-0.2, 0) is 11.3 Å². The number of ether oxygens (including phenoxy) is 1. The van der Waals surface area contributed by atoms with Gasteiger partial charge in [0.25, 0.3) is 0 Å². The second kappa shape index (κ2) is 12.2. The first-order valence-electron chi connectivity index (χ1n) is 10.3. The van der Waals surface area contributed by atoms with Crippen molar-refractivity contribution in [2.24, 2.45) is 10.4 Å². The highest BCUT2D eigenvalue weighted by atomic mass is 127. The second-order valence-corrected chi connectivity index (χ2v) is 7.55. The lowest BCUT2D eigenvalue weighted by Gasteiger charge is -2.29. The molecule has 0 amide bonds. The van der Waals surface area contributed by atoms with E-state index in [1.165, 1.54) is 25.7 Å². The monoisotopic (exact) mass is 512 g/mol. The van der Waals surface area contributed by atoms with Crippen molar-refractivity contribution < 1.29 is 9.26 Å². The van der Waals surface area contributed by atoms with Crippen LogP contribution in [0.4, 0.5) is 0 Å². The molecule has 2 N–H and O–H groups in total. The van der Waals surface area contributed by atoms with Crippen LogP contribution in [0.2, 0.25) is 0 Å². The van der Waals surface area contributed by atoms with Gasteiger partial charge in [0.05, 0.1) is 6.54 Å². The Hall–Kier alpha value is -1.61. The van der Waals surface area contributed by atoms with Gasteiger partial charge < -0.3 is 19.9 Å². The number of aliphatic imine (C=N–C) groups is 1. The Balaban J connectivity index is 0.00000300. The minimum Gasteiger partial charge on any atom is -0.385 e. The standard InChI is InChI=1S/C22H32N4O2.HI/c1-3-23-21(25-17-22(13-14-27-2)11-7-8-12-22)24-16-19-15-20(28-26-19)18-9-5-4-6-10-18;/h4-6,9-10,15H,3,7-8,11-14,16-17H2,1-2H3,(H2,23,24,25);1H. The highest BCUT2D eigenvalue weighted by Crippen LogP contribution is 2.40. The van der Waals surface area contributed by atoms with Crippen molar-refractivity contribution in [3.05, 3.63) is 42.1 Å². The fraction of sp³-hybridized carbons (Fsp3) is 0.545. The van der Waals surface area contributed by atoms with Crippen molar-refractivity contribution in [3.8, 4) is 11.3 Å². The lowest BCUT2D eigenvalue weighted by atomic mass is 9.83. The number of benzene rings is 1. The quantitative estimate of drug-likeness (QED) is 0.292. The maximum atomic E-state index is 5.47. The molecule has 29 heavy (non-hydrogen) atoms. The van der Waals surface area contributed by atoms with Crippen LogP contribution in [0.5, 0.6) is 0 Å². The number of hydrogen-bond acceptors (Lipinski definition) is 4. The highest BCUT2D eigenvalue weighted by molar-refractivity contribution is 14.0. The van der Waals surface area contributed by atoms with Gasteiger partial charge in [0.2, 0.25) is 0 Å². The Kier molecular flexibility index (Phi) is 9.93. The molecule has 6 nitrogen and oxygen atoms in total. The number of halogens is 1. The summed E-state index contributed by atoms with van der Waals surface area (Å²) in [4.78, 5) is 4.70. The molecule has 1 aromatic heterocycles. The average Bonchev–Trinajstić information content (AvgIpc) is 3.40. The molecule has 1 fully saturated rings. The summed E-state index contributed by atoms with van der Waals surface area (Å²) in [5, 5.41) is 11.0. The fourth-order valence-corrected chi connectivity index (χ4v) is 3.86. The first-order chi connectivity index (χ1) is 13.7. The molecule has 1 saturated carbocycles. The molecule has 0 radical (unpaired) electrons. The molecular weight excluding hydrogens is 479 g/mol. The van der Waals surface area contributed by atoms with Gasteiger partial charge in [0.15, 0.2) is 11.7 Å². The van der Waals surface area contributed by atoms with Gasteiger partial charge in [0, 0.05) is 38.4 Å². The van der Waals surface area contributed by atoms with Crippen LogP contribution in [0.1, 0.15) is 44.7 Å². The Morgan fingerprint density at radius 2 is 1.97 bits per heavy atom. The summed E-state index contributed by atoms with van der Waals surface area (Å²) < 4.78 is 10.8. The van der Waals surface area contributed by atoms with E-state index < -0.39 is 0 Å². The van der Waals surface area contributed by atoms with E-state index in [1.54, 1.807) is 7.11 Å². The zero-order valence-corrected chi connectivity index (χ0v) is 19.8. The van der Waals surface area contributed by atoms with E-state index in [9.17, 15) is 0 Å². The first kappa shape index (κ1) is 23.7. The van der Waals surface area contributed by atoms with Gasteiger partial charge in [-0.1, -0.05) is 48.3 Å². The van der Waals surface area contributed by atoms with Gasteiger partial charge in [-0.3, -0.25) is 0 Å². The highest BCUT2D eigenvalue weighted by Gasteiger charge is 2.33. The second-order valence-electron chi connectivity index (χ2n) is 7.55.